The smallest absolute Gasteiger partial charge is 0.227 e. The Labute approximate surface area is 186 Å². The number of nitrogens with one attached hydrogen (secondary N) is 1. The minimum absolute atomic E-state index is 0.0421. The lowest BCUT2D eigenvalue weighted by Gasteiger charge is -2.34. The van der Waals surface area contributed by atoms with E-state index in [1.807, 2.05) is 48.8 Å². The molecule has 6 heteroatoms. The SMILES string of the molecule is CC(CCc1ccccc1)NC(=O)C1CCN(C(=O)C2CC(=O)N(C(C)(C)C)C2)CC1. The van der Waals surface area contributed by atoms with E-state index in [2.05, 4.69) is 24.4 Å². The van der Waals surface area contributed by atoms with Gasteiger partial charge in [0.05, 0.1) is 5.92 Å². The Balaban J connectivity index is 1.42. The highest BCUT2D eigenvalue weighted by molar-refractivity contribution is 5.90. The van der Waals surface area contributed by atoms with Crippen LogP contribution < -0.4 is 5.32 Å². The second kappa shape index (κ2) is 9.84. The number of hydrogen-bond donors (Lipinski definition) is 1. The van der Waals surface area contributed by atoms with E-state index in [4.69, 9.17) is 0 Å². The highest BCUT2D eigenvalue weighted by Crippen LogP contribution is 2.28. The van der Waals surface area contributed by atoms with Gasteiger partial charge in [-0.1, -0.05) is 30.3 Å². The van der Waals surface area contributed by atoms with Crippen LogP contribution in [0.15, 0.2) is 30.3 Å². The number of rotatable bonds is 6. The van der Waals surface area contributed by atoms with Crippen molar-refractivity contribution in [3.8, 4) is 0 Å². The van der Waals surface area contributed by atoms with Crippen LogP contribution in [-0.2, 0) is 20.8 Å². The first-order valence-electron chi connectivity index (χ1n) is 11.6. The van der Waals surface area contributed by atoms with Crippen molar-refractivity contribution in [1.29, 1.82) is 0 Å². The summed E-state index contributed by atoms with van der Waals surface area (Å²) < 4.78 is 0. The predicted octanol–water partition coefficient (Wildman–Crippen LogP) is 3.01. The second-order valence-corrected chi connectivity index (χ2v) is 10.1. The number of amides is 3. The molecule has 2 unspecified atom stereocenters. The van der Waals surface area contributed by atoms with E-state index in [0.717, 1.165) is 12.8 Å². The summed E-state index contributed by atoms with van der Waals surface area (Å²) in [4.78, 5) is 41.6. The molecule has 0 radical (unpaired) electrons. The molecule has 2 aliphatic heterocycles. The fourth-order valence-corrected chi connectivity index (χ4v) is 4.60. The third-order valence-corrected chi connectivity index (χ3v) is 6.56. The molecule has 0 aliphatic carbocycles. The Morgan fingerprint density at radius 2 is 1.74 bits per heavy atom. The van der Waals surface area contributed by atoms with Crippen molar-refractivity contribution in [1.82, 2.24) is 15.1 Å². The third-order valence-electron chi connectivity index (χ3n) is 6.56. The fourth-order valence-electron chi connectivity index (χ4n) is 4.60. The van der Waals surface area contributed by atoms with E-state index in [-0.39, 0.29) is 41.1 Å². The number of benzene rings is 1. The largest absolute Gasteiger partial charge is 0.353 e. The van der Waals surface area contributed by atoms with Crippen molar-refractivity contribution in [2.45, 2.75) is 71.4 Å². The number of carbonyl (C=O) groups excluding carboxylic acids is 3. The van der Waals surface area contributed by atoms with Crippen LogP contribution in [0.3, 0.4) is 0 Å². The van der Waals surface area contributed by atoms with Gasteiger partial charge < -0.3 is 15.1 Å². The van der Waals surface area contributed by atoms with Gasteiger partial charge in [-0.2, -0.15) is 0 Å². The number of hydrogen-bond acceptors (Lipinski definition) is 3. The average Bonchev–Trinajstić information content (AvgIpc) is 3.15. The summed E-state index contributed by atoms with van der Waals surface area (Å²) >= 11 is 0. The summed E-state index contributed by atoms with van der Waals surface area (Å²) in [5.74, 6) is -0.0722. The standard InChI is InChI=1S/C25H37N3O3/c1-18(10-11-19-8-6-5-7-9-19)26-23(30)20-12-14-27(15-13-20)24(31)21-16-22(29)28(17-21)25(2,3)4/h5-9,18,20-21H,10-17H2,1-4H3,(H,26,30). The molecular formula is C25H37N3O3. The zero-order chi connectivity index (χ0) is 22.6. The molecule has 1 aromatic carbocycles. The van der Waals surface area contributed by atoms with Gasteiger partial charge in [-0.25, -0.2) is 0 Å². The van der Waals surface area contributed by atoms with Crippen LogP contribution in [0.5, 0.6) is 0 Å². The zero-order valence-electron chi connectivity index (χ0n) is 19.4. The molecule has 3 rings (SSSR count). The maximum atomic E-state index is 12.9. The molecule has 1 aromatic rings. The molecule has 2 aliphatic rings. The fraction of sp³-hybridized carbons (Fsp3) is 0.640. The van der Waals surface area contributed by atoms with E-state index in [0.29, 0.717) is 38.9 Å². The number of nitrogens with zero attached hydrogens (tertiary/aromatic N) is 2. The normalized spacial score (nSPS) is 21.3. The third kappa shape index (κ3) is 6.08. The lowest BCUT2D eigenvalue weighted by Crippen LogP contribution is -2.47. The molecule has 0 bridgehead atoms. The van der Waals surface area contributed by atoms with E-state index < -0.39 is 0 Å². The molecule has 3 amide bonds. The van der Waals surface area contributed by atoms with E-state index in [9.17, 15) is 14.4 Å². The summed E-state index contributed by atoms with van der Waals surface area (Å²) in [7, 11) is 0. The molecular weight excluding hydrogens is 390 g/mol. The zero-order valence-corrected chi connectivity index (χ0v) is 19.4. The maximum Gasteiger partial charge on any atom is 0.227 e. The van der Waals surface area contributed by atoms with E-state index in [1.165, 1.54) is 5.56 Å². The predicted molar refractivity (Wildman–Crippen MR) is 121 cm³/mol. The Morgan fingerprint density at radius 3 is 2.32 bits per heavy atom. The van der Waals surface area contributed by atoms with Crippen molar-refractivity contribution in [2.75, 3.05) is 19.6 Å². The monoisotopic (exact) mass is 427 g/mol. The van der Waals surface area contributed by atoms with Gasteiger partial charge in [0.15, 0.2) is 0 Å². The van der Waals surface area contributed by atoms with Crippen LogP contribution >= 0.6 is 0 Å². The number of piperidine rings is 1. The summed E-state index contributed by atoms with van der Waals surface area (Å²) in [6.45, 7) is 9.75. The maximum absolute atomic E-state index is 12.9. The van der Waals surface area contributed by atoms with Crippen molar-refractivity contribution in [3.63, 3.8) is 0 Å². The van der Waals surface area contributed by atoms with Crippen molar-refractivity contribution in [2.24, 2.45) is 11.8 Å². The molecule has 2 atom stereocenters. The van der Waals surface area contributed by atoms with Crippen molar-refractivity contribution >= 4 is 17.7 Å². The first-order valence-corrected chi connectivity index (χ1v) is 11.6. The van der Waals surface area contributed by atoms with Gasteiger partial charge in [-0.05, 0) is 58.9 Å². The van der Waals surface area contributed by atoms with Crippen LogP contribution in [0.4, 0.5) is 0 Å². The van der Waals surface area contributed by atoms with Gasteiger partial charge >= 0.3 is 0 Å². The number of likely N-dealkylation sites (tertiary alicyclic amines) is 2. The minimum Gasteiger partial charge on any atom is -0.353 e. The lowest BCUT2D eigenvalue weighted by molar-refractivity contribution is -0.139. The molecule has 0 saturated carbocycles. The van der Waals surface area contributed by atoms with Gasteiger partial charge in [-0.15, -0.1) is 0 Å². The highest BCUT2D eigenvalue weighted by Gasteiger charge is 2.41. The summed E-state index contributed by atoms with van der Waals surface area (Å²) in [5, 5.41) is 3.15. The van der Waals surface area contributed by atoms with Crippen molar-refractivity contribution in [3.05, 3.63) is 35.9 Å². The van der Waals surface area contributed by atoms with Crippen LogP contribution in [0.2, 0.25) is 0 Å². The second-order valence-electron chi connectivity index (χ2n) is 10.1. The molecule has 1 N–H and O–H groups in total. The van der Waals surface area contributed by atoms with Gasteiger partial charge in [0.2, 0.25) is 17.7 Å². The van der Waals surface area contributed by atoms with Gasteiger partial charge in [0.1, 0.15) is 0 Å². The van der Waals surface area contributed by atoms with Crippen LogP contribution in [-0.4, -0.2) is 58.7 Å². The van der Waals surface area contributed by atoms with Crippen molar-refractivity contribution < 1.29 is 14.4 Å². The topological polar surface area (TPSA) is 69.7 Å². The Kier molecular flexibility index (Phi) is 7.39. The van der Waals surface area contributed by atoms with E-state index >= 15 is 0 Å². The first-order chi connectivity index (χ1) is 14.6. The number of aryl methyl sites for hydroxylation is 1. The molecule has 0 spiro atoms. The summed E-state index contributed by atoms with van der Waals surface area (Å²) in [5.41, 5.74) is 1.03. The Bertz CT molecular complexity index is 779. The minimum atomic E-state index is -0.256. The molecule has 6 nitrogen and oxygen atoms in total. The summed E-state index contributed by atoms with van der Waals surface area (Å²) in [6, 6.07) is 10.4. The first kappa shape index (κ1) is 23.3. The Morgan fingerprint density at radius 1 is 1.10 bits per heavy atom. The summed E-state index contributed by atoms with van der Waals surface area (Å²) in [6.07, 6.45) is 3.53. The van der Waals surface area contributed by atoms with Crippen LogP contribution in [0, 0.1) is 11.8 Å². The molecule has 2 fully saturated rings. The van der Waals surface area contributed by atoms with Crippen LogP contribution in [0.25, 0.3) is 0 Å². The van der Waals surface area contributed by atoms with Gasteiger partial charge in [0.25, 0.3) is 0 Å². The average molecular weight is 428 g/mol. The molecule has 31 heavy (non-hydrogen) atoms. The highest BCUT2D eigenvalue weighted by atomic mass is 16.2. The molecule has 2 heterocycles. The molecule has 0 aromatic heterocycles. The van der Waals surface area contributed by atoms with E-state index in [1.54, 1.807) is 0 Å². The Hall–Kier alpha value is -2.37. The molecule has 170 valence electrons. The lowest BCUT2D eigenvalue weighted by atomic mass is 9.94. The van der Waals surface area contributed by atoms with Gasteiger partial charge in [0, 0.05) is 43.6 Å². The quantitative estimate of drug-likeness (QED) is 0.759. The molecule has 2 saturated heterocycles. The number of carbonyl (C=O) groups is 3. The van der Waals surface area contributed by atoms with Crippen LogP contribution in [0.1, 0.15) is 58.9 Å². The van der Waals surface area contributed by atoms with Gasteiger partial charge in [-0.3, -0.25) is 14.4 Å².